The number of hydrogen-bond donors (Lipinski definition) is 1. The smallest absolute Gasteiger partial charge is 0.0817 e. The van der Waals surface area contributed by atoms with Crippen molar-refractivity contribution < 1.29 is 4.90 Å². The molecule has 60 valence electrons. The van der Waals surface area contributed by atoms with Crippen LogP contribution in [0.25, 0.3) is 0 Å². The van der Waals surface area contributed by atoms with Crippen LogP contribution in [0.15, 0.2) is 0 Å². The topological polar surface area (TPSA) is 4.44 Å². The van der Waals surface area contributed by atoms with Gasteiger partial charge in [-0.3, -0.25) is 0 Å². The lowest BCUT2D eigenvalue weighted by atomic mass is 10.2. The molecule has 1 saturated heterocycles. The summed E-state index contributed by atoms with van der Waals surface area (Å²) in [4.78, 5) is 1.82. The SMILES string of the molecule is CC(C)[NH+]1CCCCCC1. The molecule has 1 aliphatic heterocycles. The van der Waals surface area contributed by atoms with Crippen molar-refractivity contribution in [2.45, 2.75) is 45.6 Å². The van der Waals surface area contributed by atoms with Gasteiger partial charge in [0.15, 0.2) is 0 Å². The molecule has 1 rings (SSSR count). The van der Waals surface area contributed by atoms with Crippen LogP contribution >= 0.6 is 0 Å². The Morgan fingerprint density at radius 3 is 1.80 bits per heavy atom. The van der Waals surface area contributed by atoms with Crippen molar-refractivity contribution in [3.63, 3.8) is 0 Å². The van der Waals surface area contributed by atoms with Gasteiger partial charge in [-0.1, -0.05) is 0 Å². The second-order valence-electron chi connectivity index (χ2n) is 3.73. The molecule has 0 aliphatic carbocycles. The summed E-state index contributed by atoms with van der Waals surface area (Å²) in [7, 11) is 0. The van der Waals surface area contributed by atoms with E-state index in [1.165, 1.54) is 38.8 Å². The van der Waals surface area contributed by atoms with Gasteiger partial charge >= 0.3 is 0 Å². The van der Waals surface area contributed by atoms with Gasteiger partial charge in [0.1, 0.15) is 0 Å². The number of rotatable bonds is 1. The minimum absolute atomic E-state index is 0.845. The van der Waals surface area contributed by atoms with Gasteiger partial charge in [-0.2, -0.15) is 0 Å². The molecular formula is C9H20N+. The van der Waals surface area contributed by atoms with Gasteiger partial charge in [-0.15, -0.1) is 0 Å². The molecule has 0 saturated carbocycles. The Morgan fingerprint density at radius 2 is 1.40 bits per heavy atom. The minimum Gasteiger partial charge on any atom is -0.333 e. The maximum absolute atomic E-state index is 2.33. The molecule has 1 fully saturated rings. The van der Waals surface area contributed by atoms with E-state index in [2.05, 4.69) is 13.8 Å². The predicted molar refractivity (Wildman–Crippen MR) is 44.3 cm³/mol. The molecule has 1 aliphatic rings. The molecule has 1 heteroatoms. The van der Waals surface area contributed by atoms with E-state index in [9.17, 15) is 0 Å². The molecular weight excluding hydrogens is 122 g/mol. The van der Waals surface area contributed by atoms with Crippen molar-refractivity contribution in [3.05, 3.63) is 0 Å². The normalized spacial score (nSPS) is 23.1. The zero-order valence-corrected chi connectivity index (χ0v) is 7.32. The Morgan fingerprint density at radius 1 is 0.900 bits per heavy atom. The van der Waals surface area contributed by atoms with Crippen LogP contribution < -0.4 is 4.90 Å². The molecule has 0 aromatic carbocycles. The lowest BCUT2D eigenvalue weighted by molar-refractivity contribution is -0.920. The van der Waals surface area contributed by atoms with E-state index in [-0.39, 0.29) is 0 Å². The molecule has 0 radical (unpaired) electrons. The van der Waals surface area contributed by atoms with Gasteiger partial charge in [0.05, 0.1) is 19.1 Å². The van der Waals surface area contributed by atoms with Crippen molar-refractivity contribution in [1.29, 1.82) is 0 Å². The van der Waals surface area contributed by atoms with Crippen LogP contribution in [-0.4, -0.2) is 19.1 Å². The Bertz CT molecular complexity index is 80.7. The summed E-state index contributed by atoms with van der Waals surface area (Å²) in [5.74, 6) is 0. The third kappa shape index (κ3) is 2.30. The highest BCUT2D eigenvalue weighted by molar-refractivity contribution is 4.48. The standard InChI is InChI=1S/C9H19N/c1-9(2)10-7-5-3-4-6-8-10/h9H,3-8H2,1-2H3/p+1. The third-order valence-corrected chi connectivity index (χ3v) is 2.56. The minimum atomic E-state index is 0.845. The molecule has 1 N–H and O–H groups in total. The maximum atomic E-state index is 2.33. The first-order valence-corrected chi connectivity index (χ1v) is 4.65. The summed E-state index contributed by atoms with van der Waals surface area (Å²) in [6, 6.07) is 0.845. The summed E-state index contributed by atoms with van der Waals surface area (Å²) in [6.07, 6.45) is 5.84. The average Bonchev–Trinajstić information content (AvgIpc) is 2.12. The van der Waals surface area contributed by atoms with Gasteiger partial charge in [0.2, 0.25) is 0 Å². The average molecular weight is 142 g/mol. The Labute approximate surface area is 64.4 Å². The van der Waals surface area contributed by atoms with Gasteiger partial charge in [-0.25, -0.2) is 0 Å². The monoisotopic (exact) mass is 142 g/mol. The van der Waals surface area contributed by atoms with Crippen LogP contribution in [0.4, 0.5) is 0 Å². The third-order valence-electron chi connectivity index (χ3n) is 2.56. The highest BCUT2D eigenvalue weighted by Crippen LogP contribution is 1.99. The van der Waals surface area contributed by atoms with E-state index in [0.717, 1.165) is 6.04 Å². The van der Waals surface area contributed by atoms with E-state index in [1.807, 2.05) is 4.90 Å². The Balaban J connectivity index is 2.28. The summed E-state index contributed by atoms with van der Waals surface area (Å²) in [6.45, 7) is 7.50. The summed E-state index contributed by atoms with van der Waals surface area (Å²) < 4.78 is 0. The van der Waals surface area contributed by atoms with E-state index in [0.29, 0.717) is 0 Å². The zero-order valence-electron chi connectivity index (χ0n) is 7.32. The van der Waals surface area contributed by atoms with Gasteiger partial charge in [0, 0.05) is 0 Å². The largest absolute Gasteiger partial charge is 0.333 e. The highest BCUT2D eigenvalue weighted by Gasteiger charge is 2.14. The number of likely N-dealkylation sites (tertiary alicyclic amines) is 1. The predicted octanol–water partition coefficient (Wildman–Crippen LogP) is 0.854. The van der Waals surface area contributed by atoms with Crippen LogP contribution in [0.3, 0.4) is 0 Å². The van der Waals surface area contributed by atoms with E-state index in [1.54, 1.807) is 0 Å². The Kier molecular flexibility index (Phi) is 3.20. The van der Waals surface area contributed by atoms with Crippen molar-refractivity contribution in [2.24, 2.45) is 0 Å². The van der Waals surface area contributed by atoms with Crippen molar-refractivity contribution in [2.75, 3.05) is 13.1 Å². The van der Waals surface area contributed by atoms with Crippen LogP contribution in [-0.2, 0) is 0 Å². The lowest BCUT2D eigenvalue weighted by Crippen LogP contribution is -3.14. The molecule has 1 nitrogen and oxygen atoms in total. The van der Waals surface area contributed by atoms with Crippen LogP contribution in [0, 0.1) is 0 Å². The first kappa shape index (κ1) is 8.06. The van der Waals surface area contributed by atoms with Crippen molar-refractivity contribution >= 4 is 0 Å². The highest BCUT2D eigenvalue weighted by atomic mass is 15.1. The quantitative estimate of drug-likeness (QED) is 0.554. The molecule has 0 aromatic heterocycles. The van der Waals surface area contributed by atoms with Crippen molar-refractivity contribution in [3.8, 4) is 0 Å². The molecule has 0 aromatic rings. The zero-order chi connectivity index (χ0) is 7.40. The summed E-state index contributed by atoms with van der Waals surface area (Å²) in [5.41, 5.74) is 0. The molecule has 10 heavy (non-hydrogen) atoms. The first-order chi connectivity index (χ1) is 4.80. The maximum Gasteiger partial charge on any atom is 0.0817 e. The fourth-order valence-electron chi connectivity index (χ4n) is 1.76. The lowest BCUT2D eigenvalue weighted by Gasteiger charge is -2.20. The van der Waals surface area contributed by atoms with Crippen molar-refractivity contribution in [1.82, 2.24) is 0 Å². The fraction of sp³-hybridized carbons (Fsp3) is 1.00. The van der Waals surface area contributed by atoms with Gasteiger partial charge in [-0.05, 0) is 39.5 Å². The van der Waals surface area contributed by atoms with E-state index >= 15 is 0 Å². The van der Waals surface area contributed by atoms with Gasteiger partial charge in [0.25, 0.3) is 0 Å². The van der Waals surface area contributed by atoms with E-state index < -0.39 is 0 Å². The van der Waals surface area contributed by atoms with Crippen LogP contribution in [0.1, 0.15) is 39.5 Å². The fourth-order valence-corrected chi connectivity index (χ4v) is 1.76. The molecule has 0 bridgehead atoms. The number of nitrogens with one attached hydrogen (secondary N) is 1. The van der Waals surface area contributed by atoms with Crippen LogP contribution in [0.2, 0.25) is 0 Å². The second-order valence-corrected chi connectivity index (χ2v) is 3.73. The van der Waals surface area contributed by atoms with Crippen LogP contribution in [0.5, 0.6) is 0 Å². The molecule has 0 spiro atoms. The summed E-state index contributed by atoms with van der Waals surface area (Å²) >= 11 is 0. The first-order valence-electron chi connectivity index (χ1n) is 4.65. The van der Waals surface area contributed by atoms with Gasteiger partial charge < -0.3 is 4.90 Å². The molecule has 1 heterocycles. The molecule has 0 amide bonds. The number of hydrogen-bond acceptors (Lipinski definition) is 0. The van der Waals surface area contributed by atoms with E-state index in [4.69, 9.17) is 0 Å². The molecule has 0 unspecified atom stereocenters. The Hall–Kier alpha value is -0.0400. The summed E-state index contributed by atoms with van der Waals surface area (Å²) in [5, 5.41) is 0. The molecule has 0 atom stereocenters. The second kappa shape index (κ2) is 3.97. The number of quaternary nitrogens is 1.